The monoisotopic (exact) mass is 292 g/mol. The fourth-order valence-electron chi connectivity index (χ4n) is 1.65. The van der Waals surface area contributed by atoms with Gasteiger partial charge in [0, 0.05) is 11.2 Å². The minimum Gasteiger partial charge on any atom is -0.497 e. The molecule has 104 valence electrons. The van der Waals surface area contributed by atoms with Crippen molar-refractivity contribution in [2.45, 2.75) is 0 Å². The predicted octanol–water partition coefficient (Wildman–Crippen LogP) is 3.00. The number of carbonyl (C=O) groups excluding carboxylic acids is 1. The highest BCUT2D eigenvalue weighted by Crippen LogP contribution is 2.25. The number of carbonyl (C=O) groups is 1. The van der Waals surface area contributed by atoms with Crippen LogP contribution in [0.5, 0.6) is 11.5 Å². The Morgan fingerprint density at radius 2 is 2.00 bits per heavy atom. The van der Waals surface area contributed by atoms with Gasteiger partial charge in [-0.3, -0.25) is 4.79 Å². The van der Waals surface area contributed by atoms with E-state index in [2.05, 4.69) is 10.3 Å². The Morgan fingerprint density at radius 3 is 2.65 bits per heavy atom. The van der Waals surface area contributed by atoms with Gasteiger partial charge in [-0.05, 0) is 30.3 Å². The Morgan fingerprint density at radius 1 is 1.20 bits per heavy atom. The summed E-state index contributed by atoms with van der Waals surface area (Å²) < 4.78 is 10.3. The zero-order valence-electron chi connectivity index (χ0n) is 11.0. The fourth-order valence-corrected chi connectivity index (χ4v) is 1.81. The summed E-state index contributed by atoms with van der Waals surface area (Å²) in [6.07, 6.45) is 1.51. The van der Waals surface area contributed by atoms with Crippen LogP contribution in [0.3, 0.4) is 0 Å². The maximum atomic E-state index is 12.2. The number of methoxy groups -OCH3 is 2. The molecule has 1 N–H and O–H groups in total. The highest BCUT2D eigenvalue weighted by atomic mass is 35.5. The molecule has 0 atom stereocenters. The molecule has 1 aromatic heterocycles. The summed E-state index contributed by atoms with van der Waals surface area (Å²) in [6, 6.07) is 8.17. The molecule has 6 heteroatoms. The van der Waals surface area contributed by atoms with Crippen LogP contribution in [0.1, 0.15) is 10.4 Å². The maximum absolute atomic E-state index is 12.2. The number of aromatic nitrogens is 1. The molecule has 0 saturated carbocycles. The van der Waals surface area contributed by atoms with E-state index in [1.54, 1.807) is 30.3 Å². The largest absolute Gasteiger partial charge is 0.497 e. The van der Waals surface area contributed by atoms with Crippen molar-refractivity contribution in [2.75, 3.05) is 19.5 Å². The third kappa shape index (κ3) is 3.19. The van der Waals surface area contributed by atoms with Gasteiger partial charge in [0.05, 0.1) is 19.8 Å². The van der Waals surface area contributed by atoms with Crippen LogP contribution in [0.4, 0.5) is 5.82 Å². The van der Waals surface area contributed by atoms with Crippen LogP contribution in [0.2, 0.25) is 5.02 Å². The van der Waals surface area contributed by atoms with Crippen molar-refractivity contribution in [3.8, 4) is 11.5 Å². The second-order valence-electron chi connectivity index (χ2n) is 3.88. The van der Waals surface area contributed by atoms with E-state index in [-0.39, 0.29) is 5.91 Å². The Balaban J connectivity index is 2.28. The highest BCUT2D eigenvalue weighted by molar-refractivity contribution is 6.30. The van der Waals surface area contributed by atoms with Crippen LogP contribution in [0, 0.1) is 0 Å². The first-order valence-corrected chi connectivity index (χ1v) is 6.17. The van der Waals surface area contributed by atoms with Gasteiger partial charge in [-0.1, -0.05) is 11.6 Å². The molecule has 0 aliphatic heterocycles. The van der Waals surface area contributed by atoms with Crippen molar-refractivity contribution in [1.29, 1.82) is 0 Å². The third-order valence-electron chi connectivity index (χ3n) is 2.61. The second kappa shape index (κ2) is 6.25. The lowest BCUT2D eigenvalue weighted by Crippen LogP contribution is -2.14. The molecular weight excluding hydrogens is 280 g/mol. The summed E-state index contributed by atoms with van der Waals surface area (Å²) in [5.74, 6) is 1.03. The Labute approximate surface area is 121 Å². The predicted molar refractivity (Wildman–Crippen MR) is 76.7 cm³/mol. The van der Waals surface area contributed by atoms with E-state index in [0.717, 1.165) is 0 Å². The number of ether oxygens (including phenoxy) is 2. The van der Waals surface area contributed by atoms with Crippen LogP contribution in [0.25, 0.3) is 0 Å². The first kappa shape index (κ1) is 14.1. The van der Waals surface area contributed by atoms with Gasteiger partial charge in [-0.25, -0.2) is 4.98 Å². The van der Waals surface area contributed by atoms with Gasteiger partial charge < -0.3 is 14.8 Å². The van der Waals surface area contributed by atoms with Gasteiger partial charge in [-0.15, -0.1) is 0 Å². The van der Waals surface area contributed by atoms with Crippen molar-refractivity contribution < 1.29 is 14.3 Å². The topological polar surface area (TPSA) is 60.5 Å². The number of nitrogens with one attached hydrogen (secondary N) is 1. The van der Waals surface area contributed by atoms with Gasteiger partial charge in [0.15, 0.2) is 0 Å². The molecule has 20 heavy (non-hydrogen) atoms. The molecule has 0 aliphatic carbocycles. The van der Waals surface area contributed by atoms with Gasteiger partial charge >= 0.3 is 0 Å². The van der Waals surface area contributed by atoms with Gasteiger partial charge in [0.1, 0.15) is 17.3 Å². The highest BCUT2D eigenvalue weighted by Gasteiger charge is 2.14. The van der Waals surface area contributed by atoms with Crippen molar-refractivity contribution in [3.63, 3.8) is 0 Å². The average Bonchev–Trinajstić information content (AvgIpc) is 2.46. The summed E-state index contributed by atoms with van der Waals surface area (Å²) in [7, 11) is 3.03. The summed E-state index contributed by atoms with van der Waals surface area (Å²) in [5.41, 5.74) is 0.355. The van der Waals surface area contributed by atoms with Gasteiger partial charge in [0.25, 0.3) is 5.91 Å². The molecule has 2 aromatic rings. The molecule has 0 fully saturated rings. The fraction of sp³-hybridized carbons (Fsp3) is 0.143. The van der Waals surface area contributed by atoms with E-state index >= 15 is 0 Å². The lowest BCUT2D eigenvalue weighted by molar-refractivity contribution is 0.102. The van der Waals surface area contributed by atoms with Crippen LogP contribution >= 0.6 is 11.6 Å². The molecule has 5 nitrogen and oxygen atoms in total. The number of benzene rings is 1. The van der Waals surface area contributed by atoms with Gasteiger partial charge in [-0.2, -0.15) is 0 Å². The molecule has 1 heterocycles. The standard InChI is InChI=1S/C14H13ClN2O3/c1-19-10-3-4-12(20-2)11(8-10)14(18)17-13-7-9(15)5-6-16-13/h3-8H,1-2H3,(H,16,17,18). The molecule has 0 radical (unpaired) electrons. The molecule has 0 spiro atoms. The summed E-state index contributed by atoms with van der Waals surface area (Å²) >= 11 is 5.84. The quantitative estimate of drug-likeness (QED) is 0.941. The summed E-state index contributed by atoms with van der Waals surface area (Å²) in [4.78, 5) is 16.3. The van der Waals surface area contributed by atoms with E-state index in [1.807, 2.05) is 0 Å². The van der Waals surface area contributed by atoms with E-state index in [4.69, 9.17) is 21.1 Å². The van der Waals surface area contributed by atoms with Crippen LogP contribution in [-0.4, -0.2) is 25.1 Å². The first-order valence-electron chi connectivity index (χ1n) is 5.79. The summed E-state index contributed by atoms with van der Waals surface area (Å²) in [5, 5.41) is 3.15. The molecule has 0 bridgehead atoms. The number of hydrogen-bond donors (Lipinski definition) is 1. The average molecular weight is 293 g/mol. The molecule has 2 rings (SSSR count). The van der Waals surface area contributed by atoms with Crippen molar-refractivity contribution >= 4 is 23.3 Å². The van der Waals surface area contributed by atoms with E-state index < -0.39 is 0 Å². The van der Waals surface area contributed by atoms with Crippen molar-refractivity contribution in [3.05, 3.63) is 47.1 Å². The van der Waals surface area contributed by atoms with Crippen molar-refractivity contribution in [2.24, 2.45) is 0 Å². The normalized spacial score (nSPS) is 9.95. The van der Waals surface area contributed by atoms with E-state index in [0.29, 0.717) is 27.9 Å². The maximum Gasteiger partial charge on any atom is 0.260 e. The van der Waals surface area contributed by atoms with Crippen LogP contribution in [0.15, 0.2) is 36.5 Å². The Bertz CT molecular complexity index is 632. The number of pyridine rings is 1. The lowest BCUT2D eigenvalue weighted by Gasteiger charge is -2.10. The molecule has 0 unspecified atom stereocenters. The molecule has 1 aromatic carbocycles. The zero-order chi connectivity index (χ0) is 14.5. The second-order valence-corrected chi connectivity index (χ2v) is 4.32. The van der Waals surface area contributed by atoms with Crippen LogP contribution < -0.4 is 14.8 Å². The number of nitrogens with zero attached hydrogens (tertiary/aromatic N) is 1. The molecular formula is C14H13ClN2O3. The summed E-state index contributed by atoms with van der Waals surface area (Å²) in [6.45, 7) is 0. The molecule has 0 saturated heterocycles. The lowest BCUT2D eigenvalue weighted by atomic mass is 10.1. The Hall–Kier alpha value is -2.27. The molecule has 0 aliphatic rings. The zero-order valence-corrected chi connectivity index (χ0v) is 11.8. The number of halogens is 1. The van der Waals surface area contributed by atoms with Gasteiger partial charge in [0.2, 0.25) is 0 Å². The first-order chi connectivity index (χ1) is 9.63. The SMILES string of the molecule is COc1ccc(OC)c(C(=O)Nc2cc(Cl)ccn2)c1. The molecule has 1 amide bonds. The van der Waals surface area contributed by atoms with Crippen molar-refractivity contribution in [1.82, 2.24) is 4.98 Å². The number of anilines is 1. The third-order valence-corrected chi connectivity index (χ3v) is 2.85. The number of amides is 1. The number of rotatable bonds is 4. The minimum atomic E-state index is -0.351. The minimum absolute atomic E-state index is 0.351. The van der Waals surface area contributed by atoms with E-state index in [9.17, 15) is 4.79 Å². The Kier molecular flexibility index (Phi) is 4.42. The van der Waals surface area contributed by atoms with E-state index in [1.165, 1.54) is 20.4 Å². The number of hydrogen-bond acceptors (Lipinski definition) is 4. The van der Waals surface area contributed by atoms with Crippen LogP contribution in [-0.2, 0) is 0 Å². The smallest absolute Gasteiger partial charge is 0.260 e.